The summed E-state index contributed by atoms with van der Waals surface area (Å²) < 4.78 is 5.54. The third kappa shape index (κ3) is 4.46. The summed E-state index contributed by atoms with van der Waals surface area (Å²) in [6, 6.07) is 13.2. The summed E-state index contributed by atoms with van der Waals surface area (Å²) in [5, 5.41) is 9.53. The van der Waals surface area contributed by atoms with Gasteiger partial charge in [-0.25, -0.2) is 4.79 Å². The minimum atomic E-state index is -0.931. The van der Waals surface area contributed by atoms with Gasteiger partial charge in [0, 0.05) is 0 Å². The highest BCUT2D eigenvalue weighted by molar-refractivity contribution is 6.20. The third-order valence-electron chi connectivity index (χ3n) is 3.71. The van der Waals surface area contributed by atoms with Crippen LogP contribution in [0.2, 0.25) is 0 Å². The van der Waals surface area contributed by atoms with Crippen molar-refractivity contribution in [2.24, 2.45) is 0 Å². The van der Waals surface area contributed by atoms with E-state index in [0.29, 0.717) is 12.2 Å². The number of ether oxygens (including phenoxy) is 1. The molecule has 23 heavy (non-hydrogen) atoms. The van der Waals surface area contributed by atoms with Crippen LogP contribution in [0.1, 0.15) is 35.6 Å². The molecule has 0 fully saturated rings. The zero-order valence-electron chi connectivity index (χ0n) is 13.8. The Morgan fingerprint density at radius 3 is 2.35 bits per heavy atom. The highest BCUT2D eigenvalue weighted by atomic mass is 16.5. The number of aryl methyl sites for hydroxylation is 2. The van der Waals surface area contributed by atoms with Crippen LogP contribution in [0.4, 0.5) is 0 Å². The molecule has 3 heteroatoms. The molecular formula is C20H22O3. The van der Waals surface area contributed by atoms with Gasteiger partial charge in [-0.1, -0.05) is 37.3 Å². The van der Waals surface area contributed by atoms with E-state index >= 15 is 0 Å². The first kappa shape index (κ1) is 16.8. The Morgan fingerprint density at radius 2 is 1.78 bits per heavy atom. The Kier molecular flexibility index (Phi) is 5.58. The van der Waals surface area contributed by atoms with Gasteiger partial charge in [0.2, 0.25) is 0 Å². The molecule has 0 atom stereocenters. The van der Waals surface area contributed by atoms with Gasteiger partial charge in [0.05, 0.1) is 12.2 Å². The highest BCUT2D eigenvalue weighted by Crippen LogP contribution is 2.22. The number of hydrogen-bond donors (Lipinski definition) is 1. The predicted octanol–water partition coefficient (Wildman–Crippen LogP) is 4.72. The van der Waals surface area contributed by atoms with Crippen molar-refractivity contribution in [2.75, 3.05) is 6.61 Å². The van der Waals surface area contributed by atoms with E-state index in [4.69, 9.17) is 4.74 Å². The normalized spacial score (nSPS) is 11.3. The van der Waals surface area contributed by atoms with Crippen LogP contribution in [0.25, 0.3) is 11.6 Å². The molecule has 0 aliphatic heterocycles. The summed E-state index contributed by atoms with van der Waals surface area (Å²) in [4.78, 5) is 11.6. The maximum atomic E-state index is 11.6. The molecule has 0 heterocycles. The van der Waals surface area contributed by atoms with Gasteiger partial charge < -0.3 is 9.84 Å². The van der Waals surface area contributed by atoms with Gasteiger partial charge in [-0.05, 0) is 60.7 Å². The molecule has 0 saturated carbocycles. The fraction of sp³-hybridized carbons (Fsp3) is 0.250. The molecule has 0 aliphatic carbocycles. The van der Waals surface area contributed by atoms with Gasteiger partial charge in [0.1, 0.15) is 5.75 Å². The Hall–Kier alpha value is -2.55. The van der Waals surface area contributed by atoms with Crippen LogP contribution >= 0.6 is 0 Å². The molecule has 2 rings (SSSR count). The highest BCUT2D eigenvalue weighted by Gasteiger charge is 2.11. The molecule has 0 aromatic heterocycles. The number of benzene rings is 2. The lowest BCUT2D eigenvalue weighted by atomic mass is 9.99. The minimum absolute atomic E-state index is 0.287. The molecule has 2 aromatic rings. The first-order valence-corrected chi connectivity index (χ1v) is 7.76. The van der Waals surface area contributed by atoms with Gasteiger partial charge in [0.25, 0.3) is 0 Å². The van der Waals surface area contributed by atoms with Crippen LogP contribution in [0, 0.1) is 13.8 Å². The Morgan fingerprint density at radius 1 is 1.09 bits per heavy atom. The predicted molar refractivity (Wildman–Crippen MR) is 93.7 cm³/mol. The Balaban J connectivity index is 2.31. The van der Waals surface area contributed by atoms with E-state index in [1.807, 2.05) is 56.3 Å². The molecule has 1 N–H and O–H groups in total. The zero-order chi connectivity index (χ0) is 16.8. The monoisotopic (exact) mass is 310 g/mol. The molecule has 120 valence electrons. The SMILES string of the molecule is CCCOc1ccc(/C=C(\C(=O)O)c2ccc(C)c(C)c2)cc1. The second-order valence-corrected chi connectivity index (χ2v) is 5.58. The molecule has 0 radical (unpaired) electrons. The summed E-state index contributed by atoms with van der Waals surface area (Å²) in [6.45, 7) is 6.73. The second kappa shape index (κ2) is 7.63. The summed E-state index contributed by atoms with van der Waals surface area (Å²) in [6.07, 6.45) is 2.65. The largest absolute Gasteiger partial charge is 0.494 e. The van der Waals surface area contributed by atoms with Crippen molar-refractivity contribution < 1.29 is 14.6 Å². The number of rotatable bonds is 6. The van der Waals surface area contributed by atoms with Crippen molar-refractivity contribution >= 4 is 17.6 Å². The maximum Gasteiger partial charge on any atom is 0.336 e. The fourth-order valence-electron chi connectivity index (χ4n) is 2.22. The Labute approximate surface area is 137 Å². The smallest absolute Gasteiger partial charge is 0.336 e. The van der Waals surface area contributed by atoms with Gasteiger partial charge >= 0.3 is 5.97 Å². The first-order valence-electron chi connectivity index (χ1n) is 7.76. The van der Waals surface area contributed by atoms with Crippen molar-refractivity contribution in [1.82, 2.24) is 0 Å². The zero-order valence-corrected chi connectivity index (χ0v) is 13.8. The van der Waals surface area contributed by atoms with Crippen LogP contribution in [-0.4, -0.2) is 17.7 Å². The summed E-state index contributed by atoms with van der Waals surface area (Å²) >= 11 is 0. The summed E-state index contributed by atoms with van der Waals surface area (Å²) in [7, 11) is 0. The Bertz CT molecular complexity index is 712. The molecule has 0 saturated heterocycles. The molecule has 0 bridgehead atoms. The maximum absolute atomic E-state index is 11.6. The van der Waals surface area contributed by atoms with E-state index in [2.05, 4.69) is 6.92 Å². The van der Waals surface area contributed by atoms with E-state index in [0.717, 1.165) is 28.9 Å². The molecule has 0 amide bonds. The second-order valence-electron chi connectivity index (χ2n) is 5.58. The van der Waals surface area contributed by atoms with Crippen LogP contribution in [0.5, 0.6) is 5.75 Å². The molecule has 3 nitrogen and oxygen atoms in total. The van der Waals surface area contributed by atoms with Gasteiger partial charge in [-0.2, -0.15) is 0 Å². The van der Waals surface area contributed by atoms with Gasteiger partial charge in [-0.3, -0.25) is 0 Å². The standard InChI is InChI=1S/C20H22O3/c1-4-11-23-18-9-6-16(7-10-18)13-19(20(21)22)17-8-5-14(2)15(3)12-17/h5-10,12-13H,4,11H2,1-3H3,(H,21,22)/b19-13-. The third-order valence-corrected chi connectivity index (χ3v) is 3.71. The number of aliphatic carboxylic acids is 1. The van der Waals surface area contributed by atoms with Crippen molar-refractivity contribution in [3.8, 4) is 5.75 Å². The minimum Gasteiger partial charge on any atom is -0.494 e. The molecule has 0 unspecified atom stereocenters. The van der Waals surface area contributed by atoms with Crippen molar-refractivity contribution in [3.63, 3.8) is 0 Å². The van der Waals surface area contributed by atoms with E-state index < -0.39 is 5.97 Å². The van der Waals surface area contributed by atoms with Gasteiger partial charge in [-0.15, -0.1) is 0 Å². The van der Waals surface area contributed by atoms with E-state index in [1.165, 1.54) is 0 Å². The van der Waals surface area contributed by atoms with Crippen LogP contribution < -0.4 is 4.74 Å². The molecule has 0 aliphatic rings. The first-order chi connectivity index (χ1) is 11.0. The number of carboxylic acids is 1. The van der Waals surface area contributed by atoms with Crippen molar-refractivity contribution in [2.45, 2.75) is 27.2 Å². The number of hydrogen-bond acceptors (Lipinski definition) is 2. The average molecular weight is 310 g/mol. The van der Waals surface area contributed by atoms with E-state index in [-0.39, 0.29) is 5.57 Å². The summed E-state index contributed by atoms with van der Waals surface area (Å²) in [5.41, 5.74) is 4.07. The van der Waals surface area contributed by atoms with Gasteiger partial charge in [0.15, 0.2) is 0 Å². The van der Waals surface area contributed by atoms with Crippen molar-refractivity contribution in [1.29, 1.82) is 0 Å². The topological polar surface area (TPSA) is 46.5 Å². The lowest BCUT2D eigenvalue weighted by Gasteiger charge is -2.08. The van der Waals surface area contributed by atoms with Crippen molar-refractivity contribution in [3.05, 3.63) is 64.7 Å². The molecule has 2 aromatic carbocycles. The summed E-state index contributed by atoms with van der Waals surface area (Å²) in [5.74, 6) is -0.133. The van der Waals surface area contributed by atoms with E-state index in [1.54, 1.807) is 6.08 Å². The average Bonchev–Trinajstić information content (AvgIpc) is 2.54. The fourth-order valence-corrected chi connectivity index (χ4v) is 2.22. The lowest BCUT2D eigenvalue weighted by molar-refractivity contribution is -0.130. The van der Waals surface area contributed by atoms with E-state index in [9.17, 15) is 9.90 Å². The number of carboxylic acid groups (broad SMARTS) is 1. The number of carbonyl (C=O) groups is 1. The lowest BCUT2D eigenvalue weighted by Crippen LogP contribution is -2.00. The van der Waals surface area contributed by atoms with Crippen LogP contribution in [0.3, 0.4) is 0 Å². The quantitative estimate of drug-likeness (QED) is 0.620. The molecule has 0 spiro atoms. The molecular weight excluding hydrogens is 288 g/mol. The van der Waals surface area contributed by atoms with Crippen LogP contribution in [-0.2, 0) is 4.79 Å². The van der Waals surface area contributed by atoms with Crippen LogP contribution in [0.15, 0.2) is 42.5 Å².